The Morgan fingerprint density at radius 3 is 2.13 bits per heavy atom. The van der Waals surface area contributed by atoms with E-state index in [1.54, 1.807) is 0 Å². The van der Waals surface area contributed by atoms with E-state index in [2.05, 4.69) is 30.3 Å². The number of cyclic esters (lactones) is 1. The van der Waals surface area contributed by atoms with Crippen molar-refractivity contribution in [2.45, 2.75) is 75.4 Å². The Morgan fingerprint density at radius 1 is 0.826 bits per heavy atom. The van der Waals surface area contributed by atoms with Gasteiger partial charge in [-0.15, -0.1) is 0 Å². The molecule has 0 spiro atoms. The van der Waals surface area contributed by atoms with Gasteiger partial charge in [-0.1, -0.05) is 0 Å². The summed E-state index contributed by atoms with van der Waals surface area (Å²) < 4.78 is 7.00. The molecule has 0 amide bonds. The predicted octanol–water partition coefficient (Wildman–Crippen LogP) is 4.65. The molecule has 1 aromatic carbocycles. The van der Waals surface area contributed by atoms with Crippen LogP contribution >= 0.6 is 0 Å². The minimum absolute atomic E-state index is 0.00809. The fourth-order valence-corrected chi connectivity index (χ4v) is 5.35. The molecular formula is C20H30O2Se. The molecule has 3 heteroatoms. The van der Waals surface area contributed by atoms with Crippen LogP contribution in [0.3, 0.4) is 0 Å². The van der Waals surface area contributed by atoms with Crippen molar-refractivity contribution in [2.75, 3.05) is 6.61 Å². The molecule has 1 aromatic rings. The van der Waals surface area contributed by atoms with Crippen molar-refractivity contribution >= 4 is 25.4 Å². The van der Waals surface area contributed by atoms with Crippen LogP contribution in [0.15, 0.2) is 30.3 Å². The maximum atomic E-state index is 11.9. The first kappa shape index (κ1) is 18.5. The molecule has 1 aliphatic heterocycles. The summed E-state index contributed by atoms with van der Waals surface area (Å²) >= 11 is 0.398. The van der Waals surface area contributed by atoms with Gasteiger partial charge < -0.3 is 0 Å². The number of esters is 1. The number of benzene rings is 1. The van der Waals surface area contributed by atoms with Crippen molar-refractivity contribution in [3.05, 3.63) is 30.3 Å². The molecule has 1 unspecified atom stereocenters. The Labute approximate surface area is 147 Å². The molecule has 0 radical (unpaired) electrons. The van der Waals surface area contributed by atoms with Crippen molar-refractivity contribution in [1.29, 1.82) is 0 Å². The molecule has 0 saturated carbocycles. The number of carbonyl (C=O) groups excluding carboxylic acids is 1. The van der Waals surface area contributed by atoms with Crippen LogP contribution in [-0.2, 0) is 9.53 Å². The van der Waals surface area contributed by atoms with Gasteiger partial charge in [-0.05, 0) is 0 Å². The van der Waals surface area contributed by atoms with E-state index in [4.69, 9.17) is 4.74 Å². The van der Waals surface area contributed by atoms with Gasteiger partial charge in [-0.2, -0.15) is 0 Å². The minimum atomic E-state index is 0.00809. The maximum absolute atomic E-state index is 11.9. The SMILES string of the molecule is O=C1CCCCCCCCCCCC([Se]c2ccccc2)CO1. The molecule has 0 N–H and O–H groups in total. The number of ether oxygens (including phenoxy) is 1. The van der Waals surface area contributed by atoms with Gasteiger partial charge in [0.2, 0.25) is 0 Å². The predicted molar refractivity (Wildman–Crippen MR) is 97.3 cm³/mol. The van der Waals surface area contributed by atoms with Gasteiger partial charge in [-0.25, -0.2) is 0 Å². The zero-order chi connectivity index (χ0) is 16.2. The van der Waals surface area contributed by atoms with E-state index in [1.807, 2.05) is 0 Å². The standard InChI is InChI=1S/C20H30O2Se/c21-20-16-12-7-5-3-1-2-4-6-9-15-19(17-22-20)23-18-13-10-8-11-14-18/h8,10-11,13-14,19H,1-7,9,12,15-17H2. The molecule has 2 rings (SSSR count). The van der Waals surface area contributed by atoms with Crippen molar-refractivity contribution in [3.63, 3.8) is 0 Å². The molecular weight excluding hydrogens is 351 g/mol. The zero-order valence-electron chi connectivity index (χ0n) is 14.2. The fourth-order valence-electron chi connectivity index (χ4n) is 3.00. The van der Waals surface area contributed by atoms with Gasteiger partial charge in [0.1, 0.15) is 0 Å². The van der Waals surface area contributed by atoms with Gasteiger partial charge in [0.15, 0.2) is 0 Å². The molecule has 1 saturated heterocycles. The van der Waals surface area contributed by atoms with Gasteiger partial charge in [0.05, 0.1) is 0 Å². The second-order valence-electron chi connectivity index (χ2n) is 6.46. The molecule has 0 aromatic heterocycles. The molecule has 1 fully saturated rings. The average Bonchev–Trinajstić information content (AvgIpc) is 2.58. The Morgan fingerprint density at radius 2 is 1.43 bits per heavy atom. The van der Waals surface area contributed by atoms with E-state index in [0.29, 0.717) is 32.8 Å². The monoisotopic (exact) mass is 382 g/mol. The van der Waals surface area contributed by atoms with Crippen molar-refractivity contribution in [1.82, 2.24) is 0 Å². The molecule has 0 aliphatic carbocycles. The van der Waals surface area contributed by atoms with Crippen LogP contribution in [-0.4, -0.2) is 27.5 Å². The average molecular weight is 381 g/mol. The number of hydrogen-bond acceptors (Lipinski definition) is 2. The first-order chi connectivity index (χ1) is 11.3. The summed E-state index contributed by atoms with van der Waals surface area (Å²) in [6, 6.07) is 10.7. The van der Waals surface area contributed by atoms with Crippen LogP contribution in [0.1, 0.15) is 70.6 Å². The molecule has 0 bridgehead atoms. The third kappa shape index (κ3) is 8.58. The third-order valence-electron chi connectivity index (χ3n) is 4.38. The summed E-state index contributed by atoms with van der Waals surface area (Å²) in [7, 11) is 0. The second-order valence-corrected chi connectivity index (χ2v) is 9.34. The molecule has 1 atom stereocenters. The molecule has 1 heterocycles. The Hall–Kier alpha value is -0.791. The first-order valence-corrected chi connectivity index (χ1v) is 11.1. The molecule has 1 aliphatic rings. The van der Waals surface area contributed by atoms with Crippen molar-refractivity contribution in [3.8, 4) is 0 Å². The summed E-state index contributed by atoms with van der Waals surface area (Å²) in [5.41, 5.74) is 0. The van der Waals surface area contributed by atoms with Crippen molar-refractivity contribution < 1.29 is 9.53 Å². The normalized spacial score (nSPS) is 22.6. The molecule has 23 heavy (non-hydrogen) atoms. The van der Waals surface area contributed by atoms with Gasteiger partial charge in [0, 0.05) is 0 Å². The van der Waals surface area contributed by atoms with E-state index < -0.39 is 0 Å². The van der Waals surface area contributed by atoms with Crippen LogP contribution in [0, 0.1) is 0 Å². The van der Waals surface area contributed by atoms with Gasteiger partial charge in [-0.3, -0.25) is 0 Å². The topological polar surface area (TPSA) is 26.3 Å². The van der Waals surface area contributed by atoms with E-state index >= 15 is 0 Å². The van der Waals surface area contributed by atoms with Crippen LogP contribution < -0.4 is 4.46 Å². The third-order valence-corrected chi connectivity index (χ3v) is 7.00. The number of hydrogen-bond donors (Lipinski definition) is 0. The summed E-state index contributed by atoms with van der Waals surface area (Å²) in [6.45, 7) is 0.619. The van der Waals surface area contributed by atoms with Gasteiger partial charge >= 0.3 is 147 Å². The second kappa shape index (κ2) is 11.7. The van der Waals surface area contributed by atoms with Crippen LogP contribution in [0.5, 0.6) is 0 Å². The molecule has 2 nitrogen and oxygen atoms in total. The Kier molecular flexibility index (Phi) is 9.43. The van der Waals surface area contributed by atoms with Crippen LogP contribution in [0.4, 0.5) is 0 Å². The molecule has 128 valence electrons. The summed E-state index contributed by atoms with van der Waals surface area (Å²) in [4.78, 5) is 12.4. The van der Waals surface area contributed by atoms with Crippen LogP contribution in [0.2, 0.25) is 4.82 Å². The zero-order valence-corrected chi connectivity index (χ0v) is 15.9. The van der Waals surface area contributed by atoms with E-state index in [-0.39, 0.29) is 5.97 Å². The summed E-state index contributed by atoms with van der Waals surface area (Å²) in [6.07, 6.45) is 13.3. The van der Waals surface area contributed by atoms with E-state index in [0.717, 1.165) is 6.42 Å². The van der Waals surface area contributed by atoms with Gasteiger partial charge in [0.25, 0.3) is 0 Å². The number of carbonyl (C=O) groups is 1. The fraction of sp³-hybridized carbons (Fsp3) is 0.650. The van der Waals surface area contributed by atoms with E-state index in [1.165, 1.54) is 62.2 Å². The first-order valence-electron chi connectivity index (χ1n) is 9.22. The number of rotatable bonds is 2. The van der Waals surface area contributed by atoms with E-state index in [9.17, 15) is 4.79 Å². The quantitative estimate of drug-likeness (QED) is 0.551. The Bertz CT molecular complexity index is 433. The Balaban J connectivity index is 1.85. The van der Waals surface area contributed by atoms with Crippen LogP contribution in [0.25, 0.3) is 0 Å². The van der Waals surface area contributed by atoms with Crippen molar-refractivity contribution in [2.24, 2.45) is 0 Å². The summed E-state index contributed by atoms with van der Waals surface area (Å²) in [5, 5.41) is 0. The summed E-state index contributed by atoms with van der Waals surface area (Å²) in [5.74, 6) is 0.00809.